The van der Waals surface area contributed by atoms with E-state index in [1.807, 2.05) is 0 Å². The van der Waals surface area contributed by atoms with Gasteiger partial charge in [-0.2, -0.15) is 0 Å². The SMILES string of the molecule is CCCN(C)CC(N)c1ccc(CC(C)C)cc1. The van der Waals surface area contributed by atoms with Gasteiger partial charge in [0.2, 0.25) is 0 Å². The van der Waals surface area contributed by atoms with Crippen molar-refractivity contribution in [2.75, 3.05) is 20.1 Å². The Hall–Kier alpha value is -0.860. The quantitative estimate of drug-likeness (QED) is 0.802. The van der Waals surface area contributed by atoms with Gasteiger partial charge in [-0.05, 0) is 43.5 Å². The minimum absolute atomic E-state index is 0.120. The van der Waals surface area contributed by atoms with Crippen LogP contribution in [0.4, 0.5) is 0 Å². The van der Waals surface area contributed by atoms with E-state index in [9.17, 15) is 0 Å². The first-order valence-corrected chi connectivity index (χ1v) is 7.05. The molecule has 0 aliphatic carbocycles. The molecule has 0 amide bonds. The summed E-state index contributed by atoms with van der Waals surface area (Å²) in [5.41, 5.74) is 8.88. The second-order valence-electron chi connectivity index (χ2n) is 5.71. The molecule has 18 heavy (non-hydrogen) atoms. The predicted molar refractivity (Wildman–Crippen MR) is 79.7 cm³/mol. The summed E-state index contributed by atoms with van der Waals surface area (Å²) in [6, 6.07) is 8.92. The van der Waals surface area contributed by atoms with Crippen LogP contribution in [0.2, 0.25) is 0 Å². The molecule has 1 aromatic rings. The van der Waals surface area contributed by atoms with E-state index in [1.54, 1.807) is 0 Å². The van der Waals surface area contributed by atoms with Gasteiger partial charge < -0.3 is 10.6 Å². The molecule has 0 aliphatic rings. The number of nitrogens with zero attached hydrogens (tertiary/aromatic N) is 1. The lowest BCUT2D eigenvalue weighted by atomic mass is 9.99. The summed E-state index contributed by atoms with van der Waals surface area (Å²) in [7, 11) is 2.14. The lowest BCUT2D eigenvalue weighted by molar-refractivity contribution is 0.313. The first-order chi connectivity index (χ1) is 8.52. The molecule has 1 aromatic carbocycles. The van der Waals surface area contributed by atoms with Gasteiger partial charge in [-0.1, -0.05) is 45.0 Å². The molecule has 1 unspecified atom stereocenters. The van der Waals surface area contributed by atoms with Crippen molar-refractivity contribution in [1.29, 1.82) is 0 Å². The zero-order valence-electron chi connectivity index (χ0n) is 12.3. The van der Waals surface area contributed by atoms with E-state index in [0.29, 0.717) is 5.92 Å². The van der Waals surface area contributed by atoms with Crippen LogP contribution in [-0.2, 0) is 6.42 Å². The largest absolute Gasteiger partial charge is 0.323 e. The van der Waals surface area contributed by atoms with Gasteiger partial charge in [0, 0.05) is 12.6 Å². The van der Waals surface area contributed by atoms with E-state index in [4.69, 9.17) is 5.73 Å². The summed E-state index contributed by atoms with van der Waals surface area (Å²) in [5.74, 6) is 0.709. The second-order valence-corrected chi connectivity index (χ2v) is 5.71. The van der Waals surface area contributed by atoms with Crippen LogP contribution in [-0.4, -0.2) is 25.0 Å². The Morgan fingerprint density at radius 1 is 1.17 bits per heavy atom. The third-order valence-corrected chi connectivity index (χ3v) is 3.17. The highest BCUT2D eigenvalue weighted by Crippen LogP contribution is 2.15. The van der Waals surface area contributed by atoms with Crippen LogP contribution in [0.5, 0.6) is 0 Å². The van der Waals surface area contributed by atoms with Crippen molar-refractivity contribution in [2.45, 2.75) is 39.7 Å². The molecule has 0 heterocycles. The first kappa shape index (κ1) is 15.2. The van der Waals surface area contributed by atoms with E-state index in [2.05, 4.69) is 57.0 Å². The molecule has 1 atom stereocenters. The van der Waals surface area contributed by atoms with Gasteiger partial charge in [0.05, 0.1) is 0 Å². The molecule has 0 radical (unpaired) electrons. The van der Waals surface area contributed by atoms with Gasteiger partial charge in [-0.15, -0.1) is 0 Å². The fourth-order valence-electron chi connectivity index (χ4n) is 2.29. The zero-order chi connectivity index (χ0) is 13.5. The highest BCUT2D eigenvalue weighted by Gasteiger charge is 2.08. The van der Waals surface area contributed by atoms with Gasteiger partial charge >= 0.3 is 0 Å². The van der Waals surface area contributed by atoms with Crippen molar-refractivity contribution in [3.63, 3.8) is 0 Å². The monoisotopic (exact) mass is 248 g/mol. The van der Waals surface area contributed by atoms with Crippen molar-refractivity contribution in [2.24, 2.45) is 11.7 Å². The Bertz CT molecular complexity index is 329. The minimum atomic E-state index is 0.120. The minimum Gasteiger partial charge on any atom is -0.323 e. The summed E-state index contributed by atoms with van der Waals surface area (Å²) in [5, 5.41) is 0. The van der Waals surface area contributed by atoms with Gasteiger partial charge in [0.15, 0.2) is 0 Å². The summed E-state index contributed by atoms with van der Waals surface area (Å²) in [6.07, 6.45) is 2.32. The Morgan fingerprint density at radius 2 is 1.78 bits per heavy atom. The van der Waals surface area contributed by atoms with Gasteiger partial charge in [0.1, 0.15) is 0 Å². The lowest BCUT2D eigenvalue weighted by Gasteiger charge is -2.21. The average molecular weight is 248 g/mol. The van der Waals surface area contributed by atoms with E-state index in [0.717, 1.165) is 19.5 Å². The molecule has 0 aromatic heterocycles. The van der Waals surface area contributed by atoms with Gasteiger partial charge in [0.25, 0.3) is 0 Å². The smallest absolute Gasteiger partial charge is 0.0424 e. The molecule has 0 saturated heterocycles. The Morgan fingerprint density at radius 3 is 2.28 bits per heavy atom. The van der Waals surface area contributed by atoms with E-state index < -0.39 is 0 Å². The molecule has 0 spiro atoms. The molecular formula is C16H28N2. The highest BCUT2D eigenvalue weighted by atomic mass is 15.1. The van der Waals surface area contributed by atoms with Crippen molar-refractivity contribution in [3.05, 3.63) is 35.4 Å². The van der Waals surface area contributed by atoms with Crippen LogP contribution in [0.3, 0.4) is 0 Å². The summed E-state index contributed by atoms with van der Waals surface area (Å²) in [4.78, 5) is 2.30. The average Bonchev–Trinajstić information content (AvgIpc) is 2.29. The molecule has 0 aliphatic heterocycles. The van der Waals surface area contributed by atoms with Crippen LogP contribution < -0.4 is 5.73 Å². The van der Waals surface area contributed by atoms with Crippen molar-refractivity contribution >= 4 is 0 Å². The Labute approximate surface area is 112 Å². The van der Waals surface area contributed by atoms with Crippen LogP contribution in [0.15, 0.2) is 24.3 Å². The van der Waals surface area contributed by atoms with E-state index in [1.165, 1.54) is 17.5 Å². The topological polar surface area (TPSA) is 29.3 Å². The molecule has 2 heteroatoms. The van der Waals surface area contributed by atoms with Crippen LogP contribution in [0.25, 0.3) is 0 Å². The first-order valence-electron chi connectivity index (χ1n) is 7.05. The Balaban J connectivity index is 2.55. The molecule has 2 nitrogen and oxygen atoms in total. The van der Waals surface area contributed by atoms with Crippen molar-refractivity contribution in [1.82, 2.24) is 4.90 Å². The highest BCUT2D eigenvalue weighted by molar-refractivity contribution is 5.25. The molecule has 0 bridgehead atoms. The molecule has 102 valence electrons. The van der Waals surface area contributed by atoms with Crippen molar-refractivity contribution in [3.8, 4) is 0 Å². The molecule has 2 N–H and O–H groups in total. The maximum Gasteiger partial charge on any atom is 0.0424 e. The lowest BCUT2D eigenvalue weighted by Crippen LogP contribution is -2.29. The predicted octanol–water partition coefficient (Wildman–Crippen LogP) is 3.23. The van der Waals surface area contributed by atoms with E-state index in [-0.39, 0.29) is 6.04 Å². The summed E-state index contributed by atoms with van der Waals surface area (Å²) in [6.45, 7) is 8.73. The van der Waals surface area contributed by atoms with E-state index >= 15 is 0 Å². The fraction of sp³-hybridized carbons (Fsp3) is 0.625. The fourth-order valence-corrected chi connectivity index (χ4v) is 2.29. The summed E-state index contributed by atoms with van der Waals surface area (Å²) >= 11 is 0. The summed E-state index contributed by atoms with van der Waals surface area (Å²) < 4.78 is 0. The van der Waals surface area contributed by atoms with Crippen LogP contribution in [0, 0.1) is 5.92 Å². The standard InChI is InChI=1S/C16H28N2/c1-5-10-18(4)12-16(17)15-8-6-14(7-9-15)11-13(2)3/h6-9,13,16H,5,10-12,17H2,1-4H3. The third kappa shape index (κ3) is 5.19. The molecule has 0 fully saturated rings. The Kier molecular flexibility index (Phi) is 6.37. The van der Waals surface area contributed by atoms with Gasteiger partial charge in [-0.25, -0.2) is 0 Å². The van der Waals surface area contributed by atoms with Crippen molar-refractivity contribution < 1.29 is 0 Å². The van der Waals surface area contributed by atoms with Crippen LogP contribution in [0.1, 0.15) is 44.4 Å². The maximum absolute atomic E-state index is 6.24. The maximum atomic E-state index is 6.24. The van der Waals surface area contributed by atoms with Gasteiger partial charge in [-0.3, -0.25) is 0 Å². The van der Waals surface area contributed by atoms with Crippen LogP contribution >= 0.6 is 0 Å². The molecular weight excluding hydrogens is 220 g/mol. The molecule has 1 rings (SSSR count). The number of rotatable bonds is 7. The number of benzene rings is 1. The third-order valence-electron chi connectivity index (χ3n) is 3.17. The number of likely N-dealkylation sites (N-methyl/N-ethyl adjacent to an activating group) is 1. The number of nitrogens with two attached hydrogens (primary N) is 1. The number of hydrogen-bond acceptors (Lipinski definition) is 2. The molecule has 0 saturated carbocycles. The zero-order valence-corrected chi connectivity index (χ0v) is 12.3. The normalized spacial score (nSPS) is 13.3. The second kappa shape index (κ2) is 7.55. The number of hydrogen-bond donors (Lipinski definition) is 1.